The van der Waals surface area contributed by atoms with Crippen molar-refractivity contribution in [3.05, 3.63) is 29.5 Å². The summed E-state index contributed by atoms with van der Waals surface area (Å²) in [6.45, 7) is 10.7. The number of hydrogen-bond acceptors (Lipinski definition) is 2. The summed E-state index contributed by atoms with van der Waals surface area (Å²) >= 11 is 0. The van der Waals surface area contributed by atoms with E-state index in [1.165, 1.54) is 28.7 Å². The summed E-state index contributed by atoms with van der Waals surface area (Å²) in [6.07, 6.45) is 1.13. The Hall–Kier alpha value is -1.48. The van der Waals surface area contributed by atoms with Gasteiger partial charge in [0.1, 0.15) is 5.75 Å². The van der Waals surface area contributed by atoms with Gasteiger partial charge in [0.15, 0.2) is 0 Å². The molecule has 0 atom stereocenters. The van der Waals surface area contributed by atoms with Crippen molar-refractivity contribution in [1.29, 1.82) is 0 Å². The quantitative estimate of drug-likeness (QED) is 0.921. The zero-order valence-corrected chi connectivity index (χ0v) is 12.7. The predicted octanol–water partition coefficient (Wildman–Crippen LogP) is 3.58. The number of rotatable bonds is 4. The summed E-state index contributed by atoms with van der Waals surface area (Å²) in [4.78, 5) is 6.14. The molecule has 2 aromatic rings. The molecule has 0 saturated heterocycles. The Labute approximate surface area is 120 Å². The first kappa shape index (κ1) is 13.5. The van der Waals surface area contributed by atoms with E-state index >= 15 is 0 Å². The van der Waals surface area contributed by atoms with E-state index in [0.717, 1.165) is 37.8 Å². The van der Waals surface area contributed by atoms with E-state index in [-0.39, 0.29) is 0 Å². The Bertz CT molecular complexity index is 600. The monoisotopic (exact) mass is 272 g/mol. The lowest BCUT2D eigenvalue weighted by Crippen LogP contribution is -2.33. The van der Waals surface area contributed by atoms with E-state index in [0.29, 0.717) is 0 Å². The van der Waals surface area contributed by atoms with E-state index < -0.39 is 0 Å². The van der Waals surface area contributed by atoms with Crippen molar-refractivity contribution in [2.75, 3.05) is 19.7 Å². The normalized spacial score (nSPS) is 15.8. The Morgan fingerprint density at radius 3 is 2.95 bits per heavy atom. The number of hydrogen-bond donors (Lipinski definition) is 1. The van der Waals surface area contributed by atoms with Gasteiger partial charge < -0.3 is 9.72 Å². The molecule has 3 heteroatoms. The number of aromatic nitrogens is 1. The predicted molar refractivity (Wildman–Crippen MR) is 83.3 cm³/mol. The van der Waals surface area contributed by atoms with Crippen molar-refractivity contribution in [1.82, 2.24) is 9.88 Å². The highest BCUT2D eigenvalue weighted by molar-refractivity contribution is 5.86. The van der Waals surface area contributed by atoms with Gasteiger partial charge in [0.05, 0.1) is 6.61 Å². The maximum Gasteiger partial charge on any atom is 0.120 e. The molecule has 0 aliphatic carbocycles. The second-order valence-corrected chi connectivity index (χ2v) is 6.10. The molecule has 0 unspecified atom stereocenters. The smallest absolute Gasteiger partial charge is 0.120 e. The van der Waals surface area contributed by atoms with Gasteiger partial charge in [-0.05, 0) is 36.6 Å². The molecule has 20 heavy (non-hydrogen) atoms. The Kier molecular flexibility index (Phi) is 3.70. The first-order chi connectivity index (χ1) is 9.67. The van der Waals surface area contributed by atoms with Gasteiger partial charge in [-0.25, -0.2) is 0 Å². The summed E-state index contributed by atoms with van der Waals surface area (Å²) < 4.78 is 5.64. The molecule has 1 aromatic carbocycles. The van der Waals surface area contributed by atoms with Crippen molar-refractivity contribution in [2.24, 2.45) is 5.92 Å². The van der Waals surface area contributed by atoms with Crippen LogP contribution in [-0.4, -0.2) is 29.6 Å². The van der Waals surface area contributed by atoms with Crippen LogP contribution in [0, 0.1) is 5.92 Å². The third kappa shape index (κ3) is 2.55. The molecule has 0 bridgehead atoms. The van der Waals surface area contributed by atoms with Crippen LogP contribution in [0.5, 0.6) is 5.75 Å². The number of benzene rings is 1. The minimum absolute atomic E-state index is 0.720. The molecule has 0 saturated carbocycles. The molecule has 1 N–H and O–H groups in total. The maximum atomic E-state index is 5.64. The minimum Gasteiger partial charge on any atom is -0.494 e. The van der Waals surface area contributed by atoms with Crippen molar-refractivity contribution < 1.29 is 4.74 Å². The van der Waals surface area contributed by atoms with Crippen LogP contribution in [0.25, 0.3) is 10.9 Å². The summed E-state index contributed by atoms with van der Waals surface area (Å²) in [5.74, 6) is 1.70. The number of ether oxygens (including phenoxy) is 1. The first-order valence-electron chi connectivity index (χ1n) is 7.66. The zero-order chi connectivity index (χ0) is 14.1. The van der Waals surface area contributed by atoms with Gasteiger partial charge in [0.2, 0.25) is 0 Å². The number of H-pyrrole nitrogens is 1. The van der Waals surface area contributed by atoms with Crippen LogP contribution in [0.4, 0.5) is 0 Å². The number of fused-ring (bicyclic) bond motifs is 3. The molecule has 1 aliphatic rings. The summed E-state index contributed by atoms with van der Waals surface area (Å²) in [5.41, 5.74) is 4.12. The van der Waals surface area contributed by atoms with Crippen LogP contribution in [-0.2, 0) is 13.0 Å². The SMILES string of the molecule is CCOc1ccc2[nH]c3c(c2c1)CN(CC(C)C)CC3. The van der Waals surface area contributed by atoms with Gasteiger partial charge in [0.25, 0.3) is 0 Å². The molecule has 0 radical (unpaired) electrons. The van der Waals surface area contributed by atoms with E-state index in [4.69, 9.17) is 4.74 Å². The van der Waals surface area contributed by atoms with Crippen molar-refractivity contribution in [3.8, 4) is 5.75 Å². The van der Waals surface area contributed by atoms with Gasteiger partial charge in [0, 0.05) is 42.7 Å². The molecule has 3 rings (SSSR count). The second kappa shape index (κ2) is 5.49. The lowest BCUT2D eigenvalue weighted by molar-refractivity contribution is 0.226. The van der Waals surface area contributed by atoms with Crippen molar-refractivity contribution in [2.45, 2.75) is 33.7 Å². The molecule has 2 heterocycles. The molecule has 0 fully saturated rings. The Morgan fingerprint density at radius 2 is 2.20 bits per heavy atom. The third-order valence-corrected chi connectivity index (χ3v) is 3.96. The van der Waals surface area contributed by atoms with Gasteiger partial charge in [-0.3, -0.25) is 4.90 Å². The Morgan fingerprint density at radius 1 is 1.35 bits per heavy atom. The number of nitrogens with one attached hydrogen (secondary N) is 1. The topological polar surface area (TPSA) is 28.3 Å². The molecular weight excluding hydrogens is 248 g/mol. The van der Waals surface area contributed by atoms with Crippen LogP contribution in [0.2, 0.25) is 0 Å². The van der Waals surface area contributed by atoms with E-state index in [2.05, 4.69) is 41.9 Å². The van der Waals surface area contributed by atoms with Crippen LogP contribution in [0.3, 0.4) is 0 Å². The highest BCUT2D eigenvalue weighted by Crippen LogP contribution is 2.30. The van der Waals surface area contributed by atoms with Crippen molar-refractivity contribution in [3.63, 3.8) is 0 Å². The van der Waals surface area contributed by atoms with Crippen LogP contribution < -0.4 is 4.74 Å². The van der Waals surface area contributed by atoms with Crippen LogP contribution in [0.1, 0.15) is 32.0 Å². The third-order valence-electron chi connectivity index (χ3n) is 3.96. The van der Waals surface area contributed by atoms with Gasteiger partial charge in [-0.1, -0.05) is 13.8 Å². The average molecular weight is 272 g/mol. The second-order valence-electron chi connectivity index (χ2n) is 6.10. The fourth-order valence-electron chi connectivity index (χ4n) is 3.18. The van der Waals surface area contributed by atoms with Crippen molar-refractivity contribution >= 4 is 10.9 Å². The Balaban J connectivity index is 1.93. The highest BCUT2D eigenvalue weighted by Gasteiger charge is 2.21. The molecule has 0 amide bonds. The maximum absolute atomic E-state index is 5.64. The molecule has 1 aromatic heterocycles. The number of nitrogens with zero attached hydrogens (tertiary/aromatic N) is 1. The zero-order valence-electron chi connectivity index (χ0n) is 12.7. The molecule has 1 aliphatic heterocycles. The highest BCUT2D eigenvalue weighted by atomic mass is 16.5. The summed E-state index contributed by atoms with van der Waals surface area (Å²) in [5, 5.41) is 1.33. The molecule has 3 nitrogen and oxygen atoms in total. The fourth-order valence-corrected chi connectivity index (χ4v) is 3.18. The van der Waals surface area contributed by atoms with Crippen LogP contribution >= 0.6 is 0 Å². The van der Waals surface area contributed by atoms with Crippen LogP contribution in [0.15, 0.2) is 18.2 Å². The largest absolute Gasteiger partial charge is 0.494 e. The fraction of sp³-hybridized carbons (Fsp3) is 0.529. The average Bonchev–Trinajstić information content (AvgIpc) is 2.76. The van der Waals surface area contributed by atoms with Gasteiger partial charge in [-0.2, -0.15) is 0 Å². The van der Waals surface area contributed by atoms with Gasteiger partial charge in [-0.15, -0.1) is 0 Å². The first-order valence-corrected chi connectivity index (χ1v) is 7.66. The summed E-state index contributed by atoms with van der Waals surface area (Å²) in [6, 6.07) is 6.39. The minimum atomic E-state index is 0.720. The standard InChI is InChI=1S/C17H24N2O/c1-4-20-13-5-6-16-14(9-13)15-11-19(10-12(2)3)8-7-17(15)18-16/h5-6,9,12,18H,4,7-8,10-11H2,1-3H3. The summed E-state index contributed by atoms with van der Waals surface area (Å²) in [7, 11) is 0. The van der Waals surface area contributed by atoms with E-state index in [1.807, 2.05) is 6.92 Å². The van der Waals surface area contributed by atoms with Gasteiger partial charge >= 0.3 is 0 Å². The lowest BCUT2D eigenvalue weighted by Gasteiger charge is -2.28. The van der Waals surface area contributed by atoms with E-state index in [9.17, 15) is 0 Å². The lowest BCUT2D eigenvalue weighted by atomic mass is 10.0. The van der Waals surface area contributed by atoms with E-state index in [1.54, 1.807) is 0 Å². The molecule has 0 spiro atoms. The number of aromatic amines is 1. The molecule has 108 valence electrons. The molecular formula is C17H24N2O.